The van der Waals surface area contributed by atoms with Crippen LogP contribution in [0.25, 0.3) is 11.1 Å². The molecule has 0 fully saturated rings. The number of nitrogens with zero attached hydrogens (tertiary/aromatic N) is 1. The Hall–Kier alpha value is -1.64. The minimum atomic E-state index is 0.617. The summed E-state index contributed by atoms with van der Waals surface area (Å²) in [4.78, 5) is 14.7. The zero-order valence-electron chi connectivity index (χ0n) is 7.28. The summed E-state index contributed by atoms with van der Waals surface area (Å²) in [6, 6.07) is 5.23. The number of hydrogen-bond acceptors (Lipinski definition) is 3. The van der Waals surface area contributed by atoms with Gasteiger partial charge in [0.05, 0.1) is 0 Å². The molecule has 1 aromatic carbocycles. The number of aldehydes is 1. The predicted octanol–water partition coefficient (Wildman–Crippen LogP) is 2.20. The molecule has 0 saturated heterocycles. The smallest absolute Gasteiger partial charge is 0.195 e. The van der Waals surface area contributed by atoms with Crippen LogP contribution in [-0.4, -0.2) is 11.3 Å². The first-order chi connectivity index (χ1) is 6.33. The Kier molecular flexibility index (Phi) is 1.85. The van der Waals surface area contributed by atoms with Crippen LogP contribution in [0.1, 0.15) is 23.2 Å². The van der Waals surface area contributed by atoms with Crippen LogP contribution < -0.4 is 0 Å². The minimum Gasteiger partial charge on any atom is -0.441 e. The molecule has 3 nitrogen and oxygen atoms in total. The van der Waals surface area contributed by atoms with Gasteiger partial charge in [-0.15, -0.1) is 0 Å². The maximum absolute atomic E-state index is 10.5. The molecule has 0 bridgehead atoms. The lowest BCUT2D eigenvalue weighted by Gasteiger charge is -1.87. The molecule has 2 rings (SSSR count). The quantitative estimate of drug-likeness (QED) is 0.657. The fourth-order valence-electron chi connectivity index (χ4n) is 1.21. The Morgan fingerprint density at radius 2 is 2.38 bits per heavy atom. The summed E-state index contributed by atoms with van der Waals surface area (Å²) in [7, 11) is 0. The van der Waals surface area contributed by atoms with Crippen LogP contribution in [0.2, 0.25) is 0 Å². The summed E-state index contributed by atoms with van der Waals surface area (Å²) in [5.74, 6) is 0.707. The molecule has 0 saturated carbocycles. The average molecular weight is 175 g/mol. The van der Waals surface area contributed by atoms with E-state index in [0.717, 1.165) is 18.2 Å². The highest BCUT2D eigenvalue weighted by molar-refractivity contribution is 5.83. The highest BCUT2D eigenvalue weighted by Gasteiger charge is 2.03. The van der Waals surface area contributed by atoms with E-state index in [2.05, 4.69) is 4.98 Å². The first kappa shape index (κ1) is 7.98. The lowest BCUT2D eigenvalue weighted by atomic mass is 10.2. The molecule has 0 spiro atoms. The van der Waals surface area contributed by atoms with Crippen molar-refractivity contribution < 1.29 is 9.21 Å². The normalized spacial score (nSPS) is 10.5. The number of fused-ring (bicyclic) bond motifs is 1. The molecule has 0 aliphatic rings. The standard InChI is InChI=1S/C10H9NO2/c1-2-10-11-8-4-3-7(6-12)5-9(8)13-10/h3-6H,2H2,1H3. The molecule has 0 aliphatic heterocycles. The Morgan fingerprint density at radius 3 is 3.08 bits per heavy atom. The minimum absolute atomic E-state index is 0.617. The van der Waals surface area contributed by atoms with Crippen LogP contribution in [-0.2, 0) is 6.42 Å². The molecule has 0 aliphatic carbocycles. The summed E-state index contributed by atoms with van der Waals surface area (Å²) < 4.78 is 5.39. The highest BCUT2D eigenvalue weighted by Crippen LogP contribution is 2.16. The van der Waals surface area contributed by atoms with Gasteiger partial charge in [-0.3, -0.25) is 4.79 Å². The van der Waals surface area contributed by atoms with E-state index in [1.807, 2.05) is 6.92 Å². The number of rotatable bonds is 2. The summed E-state index contributed by atoms with van der Waals surface area (Å²) in [5, 5.41) is 0. The van der Waals surface area contributed by atoms with Gasteiger partial charge in [0.25, 0.3) is 0 Å². The fourth-order valence-corrected chi connectivity index (χ4v) is 1.21. The summed E-state index contributed by atoms with van der Waals surface area (Å²) in [6.45, 7) is 1.98. The molecule has 1 aromatic heterocycles. The Morgan fingerprint density at radius 1 is 1.54 bits per heavy atom. The van der Waals surface area contributed by atoms with Gasteiger partial charge in [-0.05, 0) is 18.2 Å². The highest BCUT2D eigenvalue weighted by atomic mass is 16.3. The number of hydrogen-bond donors (Lipinski definition) is 0. The van der Waals surface area contributed by atoms with Crippen molar-refractivity contribution in [1.29, 1.82) is 0 Å². The van der Waals surface area contributed by atoms with E-state index >= 15 is 0 Å². The maximum atomic E-state index is 10.5. The maximum Gasteiger partial charge on any atom is 0.195 e. The molecule has 0 N–H and O–H groups in total. The van der Waals surface area contributed by atoms with Crippen molar-refractivity contribution in [3.63, 3.8) is 0 Å². The third-order valence-electron chi connectivity index (χ3n) is 1.90. The molecule has 13 heavy (non-hydrogen) atoms. The molecule has 1 heterocycles. The number of aromatic nitrogens is 1. The van der Waals surface area contributed by atoms with Crippen molar-refractivity contribution in [2.45, 2.75) is 13.3 Å². The number of aryl methyl sites for hydroxylation is 1. The molecule has 0 unspecified atom stereocenters. The van der Waals surface area contributed by atoms with E-state index in [1.54, 1.807) is 18.2 Å². The van der Waals surface area contributed by atoms with Gasteiger partial charge in [0.15, 0.2) is 11.5 Å². The van der Waals surface area contributed by atoms with E-state index in [4.69, 9.17) is 4.42 Å². The zero-order valence-corrected chi connectivity index (χ0v) is 7.28. The number of oxazole rings is 1. The topological polar surface area (TPSA) is 43.1 Å². The van der Waals surface area contributed by atoms with E-state index in [9.17, 15) is 4.79 Å². The zero-order chi connectivity index (χ0) is 9.26. The third kappa shape index (κ3) is 1.33. The second-order valence-corrected chi connectivity index (χ2v) is 2.81. The molecular weight excluding hydrogens is 166 g/mol. The van der Waals surface area contributed by atoms with Crippen LogP contribution in [0.4, 0.5) is 0 Å². The monoisotopic (exact) mass is 175 g/mol. The number of carbonyl (C=O) groups is 1. The molecule has 2 aromatic rings. The molecule has 0 atom stereocenters. The average Bonchev–Trinajstić information content (AvgIpc) is 2.58. The van der Waals surface area contributed by atoms with Gasteiger partial charge >= 0.3 is 0 Å². The van der Waals surface area contributed by atoms with Gasteiger partial charge in [-0.1, -0.05) is 6.92 Å². The van der Waals surface area contributed by atoms with Crippen LogP contribution in [0.5, 0.6) is 0 Å². The Balaban J connectivity index is 2.63. The third-order valence-corrected chi connectivity index (χ3v) is 1.90. The first-order valence-electron chi connectivity index (χ1n) is 4.18. The summed E-state index contributed by atoms with van der Waals surface area (Å²) in [5.41, 5.74) is 2.11. The molecular formula is C10H9NO2. The van der Waals surface area contributed by atoms with Gasteiger partial charge in [0, 0.05) is 12.0 Å². The summed E-state index contributed by atoms with van der Waals surface area (Å²) >= 11 is 0. The van der Waals surface area contributed by atoms with Gasteiger partial charge in [-0.25, -0.2) is 4.98 Å². The van der Waals surface area contributed by atoms with Crippen LogP contribution in [0, 0.1) is 0 Å². The molecule has 66 valence electrons. The second-order valence-electron chi connectivity index (χ2n) is 2.81. The van der Waals surface area contributed by atoms with Gasteiger partial charge in [0.1, 0.15) is 11.8 Å². The van der Waals surface area contributed by atoms with Gasteiger partial charge in [-0.2, -0.15) is 0 Å². The Bertz CT molecular complexity index is 445. The number of benzene rings is 1. The van der Waals surface area contributed by atoms with Gasteiger partial charge in [0.2, 0.25) is 0 Å². The van der Waals surface area contributed by atoms with E-state index in [-0.39, 0.29) is 0 Å². The second kappa shape index (κ2) is 3.01. The lowest BCUT2D eigenvalue weighted by Crippen LogP contribution is -1.77. The van der Waals surface area contributed by atoms with E-state index < -0.39 is 0 Å². The predicted molar refractivity (Wildman–Crippen MR) is 48.8 cm³/mol. The van der Waals surface area contributed by atoms with Crippen molar-refractivity contribution in [3.05, 3.63) is 29.7 Å². The van der Waals surface area contributed by atoms with Crippen LogP contribution in [0.3, 0.4) is 0 Å². The summed E-state index contributed by atoms with van der Waals surface area (Å²) in [6.07, 6.45) is 1.57. The van der Waals surface area contributed by atoms with Crippen molar-refractivity contribution >= 4 is 17.4 Å². The molecule has 0 radical (unpaired) electrons. The van der Waals surface area contributed by atoms with Gasteiger partial charge < -0.3 is 4.42 Å². The lowest BCUT2D eigenvalue weighted by molar-refractivity contribution is 0.112. The van der Waals surface area contributed by atoms with E-state index in [1.165, 1.54) is 0 Å². The van der Waals surface area contributed by atoms with Crippen molar-refractivity contribution in [2.75, 3.05) is 0 Å². The first-order valence-corrected chi connectivity index (χ1v) is 4.18. The van der Waals surface area contributed by atoms with E-state index in [0.29, 0.717) is 17.0 Å². The number of carbonyl (C=O) groups excluding carboxylic acids is 1. The Labute approximate surface area is 75.4 Å². The largest absolute Gasteiger partial charge is 0.441 e. The molecule has 0 amide bonds. The van der Waals surface area contributed by atoms with Crippen LogP contribution >= 0.6 is 0 Å². The van der Waals surface area contributed by atoms with Crippen LogP contribution in [0.15, 0.2) is 22.6 Å². The molecule has 3 heteroatoms. The van der Waals surface area contributed by atoms with Crippen molar-refractivity contribution in [3.8, 4) is 0 Å². The fraction of sp³-hybridized carbons (Fsp3) is 0.200. The van der Waals surface area contributed by atoms with Crippen molar-refractivity contribution in [1.82, 2.24) is 4.98 Å². The SMILES string of the molecule is CCc1nc2ccc(C=O)cc2o1. The van der Waals surface area contributed by atoms with Crippen molar-refractivity contribution in [2.24, 2.45) is 0 Å².